The van der Waals surface area contributed by atoms with Gasteiger partial charge in [-0.2, -0.15) is 0 Å². The van der Waals surface area contributed by atoms with Crippen LogP contribution >= 0.6 is 11.3 Å². The predicted molar refractivity (Wildman–Crippen MR) is 74.3 cm³/mol. The molecule has 1 saturated carbocycles. The first kappa shape index (κ1) is 14.0. The summed E-state index contributed by atoms with van der Waals surface area (Å²) in [6.07, 6.45) is 3.47. The van der Waals surface area contributed by atoms with Gasteiger partial charge in [0.1, 0.15) is 4.21 Å². The number of hydrogen-bond acceptors (Lipinski definition) is 4. The van der Waals surface area contributed by atoms with Gasteiger partial charge in [-0.25, -0.2) is 13.1 Å². The first-order valence-electron chi connectivity index (χ1n) is 6.23. The largest absolute Gasteiger partial charge is 0.328 e. The molecular formula is C12H20N2O2S2. The highest BCUT2D eigenvalue weighted by atomic mass is 32.2. The average molecular weight is 288 g/mol. The first-order chi connectivity index (χ1) is 8.38. The summed E-state index contributed by atoms with van der Waals surface area (Å²) in [7, 11) is -3.36. The number of rotatable bonds is 3. The molecule has 0 amide bonds. The Labute approximate surface area is 113 Å². The Hall–Kier alpha value is -0.430. The molecule has 0 unspecified atom stereocenters. The Balaban J connectivity index is 2.10. The number of thiophene rings is 1. The summed E-state index contributed by atoms with van der Waals surface area (Å²) >= 11 is 1.34. The van der Waals surface area contributed by atoms with Crippen molar-refractivity contribution < 1.29 is 8.42 Å². The van der Waals surface area contributed by atoms with Crippen LogP contribution in [0.15, 0.2) is 10.3 Å². The smallest absolute Gasteiger partial charge is 0.250 e. The molecule has 0 saturated heterocycles. The highest BCUT2D eigenvalue weighted by molar-refractivity contribution is 7.91. The number of hydrogen-bond donors (Lipinski definition) is 2. The molecule has 0 atom stereocenters. The molecule has 3 N–H and O–H groups in total. The van der Waals surface area contributed by atoms with E-state index >= 15 is 0 Å². The molecule has 1 aliphatic rings. The van der Waals surface area contributed by atoms with Gasteiger partial charge in [0.05, 0.1) is 0 Å². The van der Waals surface area contributed by atoms with E-state index in [0.29, 0.717) is 4.21 Å². The second kappa shape index (κ2) is 5.28. The molecule has 1 aromatic rings. The van der Waals surface area contributed by atoms with Gasteiger partial charge in [0.2, 0.25) is 0 Å². The lowest BCUT2D eigenvalue weighted by molar-refractivity contribution is 0.374. The van der Waals surface area contributed by atoms with Crippen LogP contribution in [-0.2, 0) is 10.0 Å². The highest BCUT2D eigenvalue weighted by Crippen LogP contribution is 2.27. The molecule has 4 nitrogen and oxygen atoms in total. The van der Waals surface area contributed by atoms with E-state index in [1.165, 1.54) is 11.3 Å². The fraction of sp³-hybridized carbons (Fsp3) is 0.667. The zero-order valence-electron chi connectivity index (χ0n) is 10.8. The summed E-state index contributed by atoms with van der Waals surface area (Å²) in [5.74, 6) is 0. The summed E-state index contributed by atoms with van der Waals surface area (Å²) in [5.41, 5.74) is 6.66. The molecule has 1 heterocycles. The lowest BCUT2D eigenvalue weighted by Crippen LogP contribution is -2.40. The van der Waals surface area contributed by atoms with E-state index in [-0.39, 0.29) is 12.1 Å². The Kier molecular flexibility index (Phi) is 4.11. The zero-order valence-corrected chi connectivity index (χ0v) is 12.4. The monoisotopic (exact) mass is 288 g/mol. The molecule has 1 fully saturated rings. The van der Waals surface area contributed by atoms with Crippen molar-refractivity contribution in [2.24, 2.45) is 5.73 Å². The summed E-state index contributed by atoms with van der Waals surface area (Å²) in [5, 5.41) is 0. The van der Waals surface area contributed by atoms with Crippen molar-refractivity contribution in [2.45, 2.75) is 55.8 Å². The molecule has 6 heteroatoms. The molecular weight excluding hydrogens is 268 g/mol. The Morgan fingerprint density at radius 3 is 2.39 bits per heavy atom. The Morgan fingerprint density at radius 1 is 1.28 bits per heavy atom. The SMILES string of the molecule is Cc1cc(C)c(S(=O)(=O)NC2CCC(N)CC2)s1. The van der Waals surface area contributed by atoms with E-state index in [4.69, 9.17) is 5.73 Å². The second-order valence-electron chi connectivity index (χ2n) is 5.06. The number of aryl methyl sites for hydroxylation is 2. The van der Waals surface area contributed by atoms with Crippen molar-refractivity contribution in [3.63, 3.8) is 0 Å². The van der Waals surface area contributed by atoms with Crippen LogP contribution in [0, 0.1) is 13.8 Å². The van der Waals surface area contributed by atoms with Crippen LogP contribution in [-0.4, -0.2) is 20.5 Å². The molecule has 0 aliphatic heterocycles. The van der Waals surface area contributed by atoms with Crippen LogP contribution in [0.5, 0.6) is 0 Å². The summed E-state index contributed by atoms with van der Waals surface area (Å²) in [6, 6.07) is 2.18. The number of sulfonamides is 1. The lowest BCUT2D eigenvalue weighted by Gasteiger charge is -2.26. The van der Waals surface area contributed by atoms with Gasteiger partial charge >= 0.3 is 0 Å². The minimum Gasteiger partial charge on any atom is -0.328 e. The van der Waals surface area contributed by atoms with Crippen LogP contribution < -0.4 is 10.5 Å². The summed E-state index contributed by atoms with van der Waals surface area (Å²) in [4.78, 5) is 1.03. The fourth-order valence-corrected chi connectivity index (χ4v) is 5.39. The number of nitrogens with two attached hydrogens (primary N) is 1. The van der Waals surface area contributed by atoms with Gasteiger partial charge in [0.15, 0.2) is 0 Å². The zero-order chi connectivity index (χ0) is 13.3. The first-order valence-corrected chi connectivity index (χ1v) is 8.53. The molecule has 0 radical (unpaired) electrons. The third-order valence-corrected chi connectivity index (χ3v) is 6.64. The maximum atomic E-state index is 12.3. The van der Waals surface area contributed by atoms with Crippen LogP contribution in [0.1, 0.15) is 36.1 Å². The van der Waals surface area contributed by atoms with Crippen molar-refractivity contribution in [2.75, 3.05) is 0 Å². The van der Waals surface area contributed by atoms with E-state index in [1.54, 1.807) is 0 Å². The minimum atomic E-state index is -3.36. The van der Waals surface area contributed by atoms with Gasteiger partial charge < -0.3 is 5.73 Å². The lowest BCUT2D eigenvalue weighted by atomic mass is 9.93. The van der Waals surface area contributed by atoms with Crippen molar-refractivity contribution >= 4 is 21.4 Å². The van der Waals surface area contributed by atoms with E-state index in [2.05, 4.69) is 4.72 Å². The molecule has 0 spiro atoms. The van der Waals surface area contributed by atoms with E-state index in [1.807, 2.05) is 19.9 Å². The van der Waals surface area contributed by atoms with Crippen LogP contribution in [0.3, 0.4) is 0 Å². The van der Waals surface area contributed by atoms with Gasteiger partial charge in [-0.05, 0) is 51.2 Å². The van der Waals surface area contributed by atoms with Crippen LogP contribution in [0.2, 0.25) is 0 Å². The van der Waals surface area contributed by atoms with Crippen molar-refractivity contribution in [3.05, 3.63) is 16.5 Å². The second-order valence-corrected chi connectivity index (χ2v) is 8.23. The van der Waals surface area contributed by atoms with E-state index < -0.39 is 10.0 Å². The average Bonchev–Trinajstić information content (AvgIpc) is 2.62. The van der Waals surface area contributed by atoms with Crippen LogP contribution in [0.25, 0.3) is 0 Å². The van der Waals surface area contributed by atoms with E-state index in [9.17, 15) is 8.42 Å². The molecule has 2 rings (SSSR count). The Bertz CT molecular complexity index is 514. The topological polar surface area (TPSA) is 72.2 Å². The van der Waals surface area contributed by atoms with Crippen molar-refractivity contribution in [1.82, 2.24) is 4.72 Å². The predicted octanol–water partition coefficient (Wildman–Crippen LogP) is 1.91. The standard InChI is InChI=1S/C12H20N2O2S2/c1-8-7-9(2)17-12(8)18(15,16)14-11-5-3-10(13)4-6-11/h7,10-11,14H,3-6,13H2,1-2H3. The quantitative estimate of drug-likeness (QED) is 0.892. The van der Waals surface area contributed by atoms with Crippen LogP contribution in [0.4, 0.5) is 0 Å². The minimum absolute atomic E-state index is 0.0385. The van der Waals surface area contributed by atoms with E-state index in [0.717, 1.165) is 36.1 Å². The van der Waals surface area contributed by atoms with Gasteiger partial charge in [-0.15, -0.1) is 11.3 Å². The maximum absolute atomic E-state index is 12.3. The summed E-state index contributed by atoms with van der Waals surface area (Å²) in [6.45, 7) is 3.77. The molecule has 102 valence electrons. The number of nitrogens with one attached hydrogen (secondary N) is 1. The molecule has 1 aromatic heterocycles. The summed E-state index contributed by atoms with van der Waals surface area (Å²) < 4.78 is 27.8. The van der Waals surface area contributed by atoms with Gasteiger partial charge in [0.25, 0.3) is 10.0 Å². The molecule has 0 bridgehead atoms. The van der Waals surface area contributed by atoms with Crippen molar-refractivity contribution in [3.8, 4) is 0 Å². The van der Waals surface area contributed by atoms with Crippen molar-refractivity contribution in [1.29, 1.82) is 0 Å². The third kappa shape index (κ3) is 3.12. The molecule has 0 aromatic carbocycles. The van der Waals surface area contributed by atoms with Gasteiger partial charge in [0, 0.05) is 17.0 Å². The van der Waals surface area contributed by atoms with Gasteiger partial charge in [-0.1, -0.05) is 0 Å². The molecule has 1 aliphatic carbocycles. The Morgan fingerprint density at radius 2 is 1.89 bits per heavy atom. The third-order valence-electron chi connectivity index (χ3n) is 3.33. The highest BCUT2D eigenvalue weighted by Gasteiger charge is 2.26. The maximum Gasteiger partial charge on any atom is 0.250 e. The van der Waals surface area contributed by atoms with Gasteiger partial charge in [-0.3, -0.25) is 0 Å². The molecule has 18 heavy (non-hydrogen) atoms. The fourth-order valence-electron chi connectivity index (χ4n) is 2.40. The normalized spacial score (nSPS) is 25.3.